The van der Waals surface area contributed by atoms with E-state index in [9.17, 15) is 4.79 Å². The van der Waals surface area contributed by atoms with E-state index in [4.69, 9.17) is 5.73 Å². The van der Waals surface area contributed by atoms with Crippen molar-refractivity contribution in [2.45, 2.75) is 44.6 Å². The third-order valence-corrected chi connectivity index (χ3v) is 2.88. The van der Waals surface area contributed by atoms with Crippen LogP contribution in [0.4, 0.5) is 0 Å². The molecule has 0 bridgehead atoms. The van der Waals surface area contributed by atoms with Crippen molar-refractivity contribution >= 4 is 18.4 Å². The van der Waals surface area contributed by atoms with Gasteiger partial charge in [0.2, 0.25) is 0 Å². The molecule has 14 heavy (non-hydrogen) atoms. The summed E-state index contributed by atoms with van der Waals surface area (Å²) >= 11 is 0. The largest absolute Gasteiger partial charge is 0.469 e. The number of esters is 1. The van der Waals surface area contributed by atoms with Crippen LogP contribution in [-0.4, -0.2) is 19.1 Å². The molecule has 1 fully saturated rings. The van der Waals surface area contributed by atoms with E-state index < -0.39 is 0 Å². The van der Waals surface area contributed by atoms with Crippen molar-refractivity contribution in [1.29, 1.82) is 0 Å². The Morgan fingerprint density at radius 2 is 1.93 bits per heavy atom. The van der Waals surface area contributed by atoms with Crippen LogP contribution < -0.4 is 5.73 Å². The first-order chi connectivity index (χ1) is 6.22. The van der Waals surface area contributed by atoms with E-state index in [0.29, 0.717) is 18.4 Å². The Balaban J connectivity index is 0.00000169. The van der Waals surface area contributed by atoms with Gasteiger partial charge in [-0.15, -0.1) is 12.4 Å². The van der Waals surface area contributed by atoms with Gasteiger partial charge in [0, 0.05) is 12.5 Å². The summed E-state index contributed by atoms with van der Waals surface area (Å²) < 4.78 is 4.60. The Hall–Kier alpha value is -0.280. The van der Waals surface area contributed by atoms with Crippen LogP contribution in [-0.2, 0) is 9.53 Å². The number of rotatable bonds is 3. The van der Waals surface area contributed by atoms with E-state index >= 15 is 0 Å². The van der Waals surface area contributed by atoms with E-state index in [1.807, 2.05) is 0 Å². The molecule has 0 aromatic heterocycles. The Labute approximate surface area is 91.8 Å². The molecule has 0 spiro atoms. The molecular formula is C10H20ClNO2. The zero-order valence-electron chi connectivity index (χ0n) is 8.70. The standard InChI is InChI=1S/C10H19NO2.ClH/c1-13-10(12)7-4-8-2-5-9(11)6-3-8;/h8-9H,2-7,11H2,1H3;1H. The van der Waals surface area contributed by atoms with Crippen LogP contribution in [0.5, 0.6) is 0 Å². The highest BCUT2D eigenvalue weighted by molar-refractivity contribution is 5.85. The van der Waals surface area contributed by atoms with Gasteiger partial charge in [-0.05, 0) is 38.0 Å². The Bertz CT molecular complexity index is 168. The van der Waals surface area contributed by atoms with Gasteiger partial charge < -0.3 is 10.5 Å². The van der Waals surface area contributed by atoms with Crippen molar-refractivity contribution in [2.75, 3.05) is 7.11 Å². The van der Waals surface area contributed by atoms with Crippen molar-refractivity contribution in [3.05, 3.63) is 0 Å². The molecule has 2 N–H and O–H groups in total. The number of hydrogen-bond donors (Lipinski definition) is 1. The summed E-state index contributed by atoms with van der Waals surface area (Å²) in [6.45, 7) is 0. The highest BCUT2D eigenvalue weighted by atomic mass is 35.5. The molecule has 0 heterocycles. The van der Waals surface area contributed by atoms with Gasteiger partial charge in [0.15, 0.2) is 0 Å². The zero-order chi connectivity index (χ0) is 9.68. The smallest absolute Gasteiger partial charge is 0.305 e. The minimum Gasteiger partial charge on any atom is -0.469 e. The summed E-state index contributed by atoms with van der Waals surface area (Å²) in [5, 5.41) is 0. The van der Waals surface area contributed by atoms with Crippen molar-refractivity contribution in [1.82, 2.24) is 0 Å². The fourth-order valence-electron chi connectivity index (χ4n) is 1.90. The van der Waals surface area contributed by atoms with Gasteiger partial charge in [-0.25, -0.2) is 0 Å². The Kier molecular flexibility index (Phi) is 6.93. The molecule has 0 amide bonds. The quantitative estimate of drug-likeness (QED) is 0.741. The Morgan fingerprint density at radius 3 is 2.43 bits per heavy atom. The number of ether oxygens (including phenoxy) is 1. The molecule has 0 aliphatic heterocycles. The molecule has 1 rings (SSSR count). The van der Waals surface area contributed by atoms with Gasteiger partial charge in [0.05, 0.1) is 7.11 Å². The summed E-state index contributed by atoms with van der Waals surface area (Å²) in [6.07, 6.45) is 6.13. The van der Waals surface area contributed by atoms with Crippen LogP contribution in [0, 0.1) is 5.92 Å². The molecule has 1 aliphatic carbocycles. The first kappa shape index (κ1) is 13.7. The van der Waals surface area contributed by atoms with Gasteiger partial charge in [-0.2, -0.15) is 0 Å². The summed E-state index contributed by atoms with van der Waals surface area (Å²) in [5.74, 6) is 0.605. The lowest BCUT2D eigenvalue weighted by Crippen LogP contribution is -2.26. The first-order valence-corrected chi connectivity index (χ1v) is 5.04. The van der Waals surface area contributed by atoms with Gasteiger partial charge in [0.1, 0.15) is 0 Å². The maximum absolute atomic E-state index is 10.9. The van der Waals surface area contributed by atoms with Crippen molar-refractivity contribution in [3.8, 4) is 0 Å². The maximum Gasteiger partial charge on any atom is 0.305 e. The number of halogens is 1. The molecular weight excluding hydrogens is 202 g/mol. The fourth-order valence-corrected chi connectivity index (χ4v) is 1.90. The van der Waals surface area contributed by atoms with E-state index in [1.165, 1.54) is 20.0 Å². The van der Waals surface area contributed by atoms with Crippen LogP contribution in [0.1, 0.15) is 38.5 Å². The lowest BCUT2D eigenvalue weighted by molar-refractivity contribution is -0.141. The molecule has 0 aromatic carbocycles. The second kappa shape index (κ2) is 7.07. The molecule has 0 radical (unpaired) electrons. The van der Waals surface area contributed by atoms with E-state index in [0.717, 1.165) is 19.3 Å². The molecule has 0 unspecified atom stereocenters. The normalized spacial score (nSPS) is 26.4. The van der Waals surface area contributed by atoms with Crippen LogP contribution in [0.2, 0.25) is 0 Å². The summed E-state index contributed by atoms with van der Waals surface area (Å²) in [7, 11) is 1.44. The summed E-state index contributed by atoms with van der Waals surface area (Å²) in [5.41, 5.74) is 5.79. The highest BCUT2D eigenvalue weighted by Crippen LogP contribution is 2.26. The monoisotopic (exact) mass is 221 g/mol. The zero-order valence-corrected chi connectivity index (χ0v) is 9.52. The molecule has 0 saturated heterocycles. The van der Waals surface area contributed by atoms with E-state index in [1.54, 1.807) is 0 Å². The fraction of sp³-hybridized carbons (Fsp3) is 0.900. The number of hydrogen-bond acceptors (Lipinski definition) is 3. The highest BCUT2D eigenvalue weighted by Gasteiger charge is 2.18. The second-order valence-corrected chi connectivity index (χ2v) is 3.90. The van der Waals surface area contributed by atoms with Crippen LogP contribution in [0.15, 0.2) is 0 Å². The molecule has 0 atom stereocenters. The van der Waals surface area contributed by atoms with Gasteiger partial charge in [0.25, 0.3) is 0 Å². The van der Waals surface area contributed by atoms with Gasteiger partial charge in [-0.3, -0.25) is 4.79 Å². The van der Waals surface area contributed by atoms with Crippen molar-refractivity contribution in [2.24, 2.45) is 11.7 Å². The molecule has 3 nitrogen and oxygen atoms in total. The predicted octanol–water partition coefficient (Wildman–Crippen LogP) is 1.88. The predicted molar refractivity (Wildman–Crippen MR) is 58.4 cm³/mol. The molecule has 0 aromatic rings. The van der Waals surface area contributed by atoms with Crippen LogP contribution >= 0.6 is 12.4 Å². The van der Waals surface area contributed by atoms with Gasteiger partial charge >= 0.3 is 5.97 Å². The lowest BCUT2D eigenvalue weighted by Gasteiger charge is -2.25. The maximum atomic E-state index is 10.9. The number of carbonyl (C=O) groups excluding carboxylic acids is 1. The van der Waals surface area contributed by atoms with Crippen LogP contribution in [0.3, 0.4) is 0 Å². The average molecular weight is 222 g/mol. The molecule has 84 valence electrons. The summed E-state index contributed by atoms with van der Waals surface area (Å²) in [6, 6.07) is 0.398. The SMILES string of the molecule is COC(=O)CCC1CCC(N)CC1.Cl. The molecule has 1 saturated carbocycles. The minimum absolute atomic E-state index is 0. The number of methoxy groups -OCH3 is 1. The van der Waals surface area contributed by atoms with Crippen molar-refractivity contribution in [3.63, 3.8) is 0 Å². The topological polar surface area (TPSA) is 52.3 Å². The van der Waals surface area contributed by atoms with Crippen molar-refractivity contribution < 1.29 is 9.53 Å². The van der Waals surface area contributed by atoms with E-state index in [-0.39, 0.29) is 18.4 Å². The second-order valence-electron chi connectivity index (χ2n) is 3.90. The van der Waals surface area contributed by atoms with E-state index in [2.05, 4.69) is 4.74 Å². The summed E-state index contributed by atoms with van der Waals surface area (Å²) in [4.78, 5) is 10.9. The molecule has 4 heteroatoms. The lowest BCUT2D eigenvalue weighted by atomic mass is 9.84. The third kappa shape index (κ3) is 4.82. The number of carbonyl (C=O) groups is 1. The first-order valence-electron chi connectivity index (χ1n) is 5.04. The average Bonchev–Trinajstić information content (AvgIpc) is 2.16. The van der Waals surface area contributed by atoms with Gasteiger partial charge in [-0.1, -0.05) is 0 Å². The Morgan fingerprint density at radius 1 is 1.36 bits per heavy atom. The third-order valence-electron chi connectivity index (χ3n) is 2.88. The number of nitrogens with two attached hydrogens (primary N) is 1. The van der Waals surface area contributed by atoms with Crippen LogP contribution in [0.25, 0.3) is 0 Å². The minimum atomic E-state index is -0.0881. The molecule has 1 aliphatic rings.